The van der Waals surface area contributed by atoms with Crippen LogP contribution in [0.1, 0.15) is 55.8 Å². The lowest BCUT2D eigenvalue weighted by atomic mass is 10.1. The summed E-state index contributed by atoms with van der Waals surface area (Å²) in [6, 6.07) is 7.13. The first-order chi connectivity index (χ1) is 8.74. The fourth-order valence-corrected chi connectivity index (χ4v) is 1.99. The first kappa shape index (κ1) is 15.1. The average molecular weight is 266 g/mol. The lowest BCUT2D eigenvalue weighted by Crippen LogP contribution is -2.06. The molecule has 0 N–H and O–H groups in total. The SMILES string of the molecule is CCCCCCCCOC(=O)c1cccc(S)c1. The minimum absolute atomic E-state index is 0.251. The van der Waals surface area contributed by atoms with E-state index in [9.17, 15) is 4.79 Å². The Hall–Kier alpha value is -0.960. The normalized spacial score (nSPS) is 10.3. The van der Waals surface area contributed by atoms with Crippen molar-refractivity contribution in [1.29, 1.82) is 0 Å². The summed E-state index contributed by atoms with van der Waals surface area (Å²) in [6.07, 6.45) is 7.17. The standard InChI is InChI=1S/C15H22O2S/c1-2-3-4-5-6-7-11-17-15(16)13-9-8-10-14(18)12-13/h8-10,12,18H,2-7,11H2,1H3. The van der Waals surface area contributed by atoms with E-state index in [1.54, 1.807) is 12.1 Å². The van der Waals surface area contributed by atoms with Crippen molar-refractivity contribution in [3.8, 4) is 0 Å². The Morgan fingerprint density at radius 1 is 1.17 bits per heavy atom. The molecule has 0 heterocycles. The molecule has 1 rings (SSSR count). The first-order valence-corrected chi connectivity index (χ1v) is 7.15. The van der Waals surface area contributed by atoms with Crippen molar-refractivity contribution < 1.29 is 9.53 Å². The minimum Gasteiger partial charge on any atom is -0.462 e. The Morgan fingerprint density at radius 2 is 1.89 bits per heavy atom. The Balaban J connectivity index is 2.14. The number of rotatable bonds is 8. The number of unbranched alkanes of at least 4 members (excludes halogenated alkanes) is 5. The van der Waals surface area contributed by atoms with E-state index >= 15 is 0 Å². The van der Waals surface area contributed by atoms with Gasteiger partial charge in [0.1, 0.15) is 0 Å². The molecular formula is C15H22O2S. The van der Waals surface area contributed by atoms with Gasteiger partial charge in [-0.15, -0.1) is 12.6 Å². The highest BCUT2D eigenvalue weighted by atomic mass is 32.1. The zero-order valence-electron chi connectivity index (χ0n) is 11.0. The van der Waals surface area contributed by atoms with E-state index in [1.807, 2.05) is 12.1 Å². The largest absolute Gasteiger partial charge is 0.462 e. The van der Waals surface area contributed by atoms with Gasteiger partial charge >= 0.3 is 5.97 Å². The van der Waals surface area contributed by atoms with Crippen LogP contribution >= 0.6 is 12.6 Å². The molecule has 0 atom stereocenters. The number of thiol groups is 1. The quantitative estimate of drug-likeness (QED) is 0.426. The van der Waals surface area contributed by atoms with E-state index in [4.69, 9.17) is 4.74 Å². The van der Waals surface area contributed by atoms with E-state index in [-0.39, 0.29) is 5.97 Å². The summed E-state index contributed by atoms with van der Waals surface area (Å²) in [5.74, 6) is -0.251. The second-order valence-corrected chi connectivity index (χ2v) is 4.97. The molecule has 0 amide bonds. The third kappa shape index (κ3) is 6.10. The van der Waals surface area contributed by atoms with E-state index in [0.29, 0.717) is 12.2 Å². The molecule has 0 bridgehead atoms. The van der Waals surface area contributed by atoms with Crippen LogP contribution in [0, 0.1) is 0 Å². The van der Waals surface area contributed by atoms with Crippen LogP contribution in [0.2, 0.25) is 0 Å². The van der Waals surface area contributed by atoms with E-state index in [2.05, 4.69) is 19.6 Å². The number of hydrogen-bond donors (Lipinski definition) is 1. The van der Waals surface area contributed by atoms with Crippen molar-refractivity contribution in [3.63, 3.8) is 0 Å². The zero-order chi connectivity index (χ0) is 13.2. The van der Waals surface area contributed by atoms with Crippen molar-refractivity contribution in [1.82, 2.24) is 0 Å². The molecule has 0 aromatic heterocycles. The number of hydrogen-bond acceptors (Lipinski definition) is 3. The van der Waals surface area contributed by atoms with Gasteiger partial charge < -0.3 is 4.74 Å². The molecule has 0 unspecified atom stereocenters. The maximum Gasteiger partial charge on any atom is 0.338 e. The Morgan fingerprint density at radius 3 is 2.61 bits per heavy atom. The van der Waals surface area contributed by atoms with Gasteiger partial charge in [-0.25, -0.2) is 4.79 Å². The summed E-state index contributed by atoms with van der Waals surface area (Å²) in [6.45, 7) is 2.72. The van der Waals surface area contributed by atoms with E-state index in [1.165, 1.54) is 25.7 Å². The number of carbonyl (C=O) groups is 1. The van der Waals surface area contributed by atoms with Crippen LogP contribution in [0.4, 0.5) is 0 Å². The van der Waals surface area contributed by atoms with Crippen molar-refractivity contribution in [3.05, 3.63) is 29.8 Å². The summed E-state index contributed by atoms with van der Waals surface area (Å²) in [4.78, 5) is 12.5. The molecule has 0 fully saturated rings. The summed E-state index contributed by atoms with van der Waals surface area (Å²) in [5.41, 5.74) is 0.577. The summed E-state index contributed by atoms with van der Waals surface area (Å²) >= 11 is 4.20. The van der Waals surface area contributed by atoms with Crippen LogP contribution in [0.15, 0.2) is 29.2 Å². The molecule has 18 heavy (non-hydrogen) atoms. The summed E-state index contributed by atoms with van der Waals surface area (Å²) < 4.78 is 5.22. The third-order valence-corrected chi connectivity index (χ3v) is 3.09. The van der Waals surface area contributed by atoms with Gasteiger partial charge in [-0.2, -0.15) is 0 Å². The number of benzene rings is 1. The van der Waals surface area contributed by atoms with Crippen LogP contribution < -0.4 is 0 Å². The molecule has 0 aliphatic rings. The summed E-state index contributed by atoms with van der Waals surface area (Å²) in [7, 11) is 0. The number of ether oxygens (including phenoxy) is 1. The van der Waals surface area contributed by atoms with Crippen molar-refractivity contribution in [2.45, 2.75) is 50.3 Å². The molecular weight excluding hydrogens is 244 g/mol. The van der Waals surface area contributed by atoms with Crippen molar-refractivity contribution in [2.24, 2.45) is 0 Å². The fraction of sp³-hybridized carbons (Fsp3) is 0.533. The van der Waals surface area contributed by atoms with Gasteiger partial charge in [-0.3, -0.25) is 0 Å². The molecule has 0 spiro atoms. The number of carbonyl (C=O) groups excluding carboxylic acids is 1. The van der Waals surface area contributed by atoms with Crippen LogP contribution in [0.5, 0.6) is 0 Å². The second-order valence-electron chi connectivity index (χ2n) is 4.45. The predicted octanol–water partition coefficient (Wildman–Crippen LogP) is 4.49. The average Bonchev–Trinajstić information content (AvgIpc) is 2.37. The second kappa shape index (κ2) is 9.03. The maximum absolute atomic E-state index is 11.7. The lowest BCUT2D eigenvalue weighted by molar-refractivity contribution is 0.0497. The van der Waals surface area contributed by atoms with Gasteiger partial charge in [0.15, 0.2) is 0 Å². The molecule has 0 aliphatic heterocycles. The van der Waals surface area contributed by atoms with Gasteiger partial charge in [-0.1, -0.05) is 45.1 Å². The fourth-order valence-electron chi connectivity index (χ4n) is 1.76. The van der Waals surface area contributed by atoms with Crippen LogP contribution in [-0.2, 0) is 4.74 Å². The van der Waals surface area contributed by atoms with Gasteiger partial charge in [0, 0.05) is 4.90 Å². The molecule has 0 saturated carbocycles. The molecule has 3 heteroatoms. The maximum atomic E-state index is 11.7. The van der Waals surface area contributed by atoms with Crippen molar-refractivity contribution >= 4 is 18.6 Å². The Kier molecular flexibility index (Phi) is 7.58. The van der Waals surface area contributed by atoms with Gasteiger partial charge in [0.05, 0.1) is 12.2 Å². The monoisotopic (exact) mass is 266 g/mol. The van der Waals surface area contributed by atoms with E-state index in [0.717, 1.165) is 17.7 Å². The first-order valence-electron chi connectivity index (χ1n) is 6.70. The molecule has 0 saturated heterocycles. The summed E-state index contributed by atoms with van der Waals surface area (Å²) in [5, 5.41) is 0. The molecule has 1 aromatic carbocycles. The Labute approximate surface area is 115 Å². The molecule has 100 valence electrons. The highest BCUT2D eigenvalue weighted by Crippen LogP contribution is 2.10. The third-order valence-electron chi connectivity index (χ3n) is 2.81. The van der Waals surface area contributed by atoms with Crippen LogP contribution in [0.3, 0.4) is 0 Å². The molecule has 0 radical (unpaired) electrons. The minimum atomic E-state index is -0.251. The lowest BCUT2D eigenvalue weighted by Gasteiger charge is -2.05. The molecule has 2 nitrogen and oxygen atoms in total. The topological polar surface area (TPSA) is 26.3 Å². The van der Waals surface area contributed by atoms with Crippen LogP contribution in [0.25, 0.3) is 0 Å². The predicted molar refractivity (Wildman–Crippen MR) is 77.4 cm³/mol. The van der Waals surface area contributed by atoms with E-state index < -0.39 is 0 Å². The highest BCUT2D eigenvalue weighted by molar-refractivity contribution is 7.80. The van der Waals surface area contributed by atoms with Gasteiger partial charge in [-0.05, 0) is 24.6 Å². The van der Waals surface area contributed by atoms with Gasteiger partial charge in [0.2, 0.25) is 0 Å². The Bertz CT molecular complexity index is 363. The molecule has 1 aromatic rings. The number of esters is 1. The van der Waals surface area contributed by atoms with Crippen LogP contribution in [-0.4, -0.2) is 12.6 Å². The smallest absolute Gasteiger partial charge is 0.338 e. The van der Waals surface area contributed by atoms with Gasteiger partial charge in [0.25, 0.3) is 0 Å². The zero-order valence-corrected chi connectivity index (χ0v) is 11.9. The molecule has 0 aliphatic carbocycles. The highest BCUT2D eigenvalue weighted by Gasteiger charge is 2.06. The van der Waals surface area contributed by atoms with Crippen molar-refractivity contribution in [2.75, 3.05) is 6.61 Å².